The summed E-state index contributed by atoms with van der Waals surface area (Å²) in [6.45, 7) is 8.73. The highest BCUT2D eigenvalue weighted by Crippen LogP contribution is 2.35. The molecule has 0 atom stereocenters. The van der Waals surface area contributed by atoms with Gasteiger partial charge in [0, 0.05) is 38.9 Å². The highest BCUT2D eigenvalue weighted by Gasteiger charge is 2.16. The minimum Gasteiger partial charge on any atom is -0.250 e. The number of benzene rings is 4. The molecule has 4 aromatic carbocycles. The van der Waals surface area contributed by atoms with Crippen LogP contribution in [0.3, 0.4) is 0 Å². The van der Waals surface area contributed by atoms with Gasteiger partial charge in [0.1, 0.15) is 0 Å². The molecular formula is C39H33N5. The van der Waals surface area contributed by atoms with E-state index in [0.717, 1.165) is 61.0 Å². The number of hydrogen-bond donors (Lipinski definition) is 0. The fourth-order valence-corrected chi connectivity index (χ4v) is 5.50. The molecular weight excluding hydrogens is 538 g/mol. The van der Waals surface area contributed by atoms with Gasteiger partial charge in [-0.25, -0.2) is 15.0 Å². The summed E-state index contributed by atoms with van der Waals surface area (Å²) in [5.41, 5.74) is 9.15. The maximum Gasteiger partial charge on any atom is 0.164 e. The fraction of sp³-hybridized carbons (Fsp3) is 0.154. The van der Waals surface area contributed by atoms with Crippen LogP contribution >= 0.6 is 0 Å². The summed E-state index contributed by atoms with van der Waals surface area (Å²) in [7, 11) is 0. The quantitative estimate of drug-likeness (QED) is 0.186. The van der Waals surface area contributed by atoms with Gasteiger partial charge >= 0.3 is 0 Å². The Hall–Kier alpha value is -5.29. The van der Waals surface area contributed by atoms with Gasteiger partial charge < -0.3 is 0 Å². The Morgan fingerprint density at radius 2 is 0.886 bits per heavy atom. The summed E-state index contributed by atoms with van der Waals surface area (Å²) in [4.78, 5) is 24.9. The van der Waals surface area contributed by atoms with Crippen LogP contribution in [0.25, 0.3) is 67.1 Å². The first-order valence-corrected chi connectivity index (χ1v) is 15.2. The third kappa shape index (κ3) is 5.22. The van der Waals surface area contributed by atoms with Crippen LogP contribution in [0.1, 0.15) is 50.9 Å². The molecule has 0 aliphatic heterocycles. The Balaban J connectivity index is 1.36. The molecule has 7 aromatic rings. The second-order valence-electron chi connectivity index (χ2n) is 11.8. The molecule has 0 saturated heterocycles. The molecule has 0 spiro atoms. The van der Waals surface area contributed by atoms with Crippen LogP contribution in [0.2, 0.25) is 0 Å². The van der Waals surface area contributed by atoms with Gasteiger partial charge in [-0.3, -0.25) is 9.97 Å². The van der Waals surface area contributed by atoms with Crippen molar-refractivity contribution in [3.05, 3.63) is 127 Å². The third-order valence-electron chi connectivity index (χ3n) is 8.02. The predicted molar refractivity (Wildman–Crippen MR) is 180 cm³/mol. The number of hydrogen-bond acceptors (Lipinski definition) is 5. The highest BCUT2D eigenvalue weighted by atomic mass is 15.0. The van der Waals surface area contributed by atoms with Crippen LogP contribution in [-0.4, -0.2) is 24.9 Å². The summed E-state index contributed by atoms with van der Waals surface area (Å²) in [6, 6.07) is 39.5. The van der Waals surface area contributed by atoms with Gasteiger partial charge in [0.25, 0.3) is 0 Å². The van der Waals surface area contributed by atoms with Crippen molar-refractivity contribution in [2.75, 3.05) is 0 Å². The number of fused-ring (bicyclic) bond motifs is 3. The molecule has 0 amide bonds. The van der Waals surface area contributed by atoms with E-state index in [1.165, 1.54) is 0 Å². The van der Waals surface area contributed by atoms with Gasteiger partial charge in [-0.15, -0.1) is 0 Å². The molecule has 0 aliphatic carbocycles. The van der Waals surface area contributed by atoms with Gasteiger partial charge in [0.05, 0.1) is 11.0 Å². The first kappa shape index (κ1) is 27.5. The SMILES string of the molecule is CC(C)c1ccc2ccc3c(-c4ccc(-c5nc(-c6ccccc6)nc(-c6ccccc6)n5)cc4)cc(C(C)C)nc3c2n1. The average molecular weight is 572 g/mol. The molecule has 7 rings (SSSR count). The third-order valence-corrected chi connectivity index (χ3v) is 8.02. The van der Waals surface area contributed by atoms with Gasteiger partial charge in [-0.2, -0.15) is 0 Å². The molecule has 3 aromatic heterocycles. The van der Waals surface area contributed by atoms with E-state index in [0.29, 0.717) is 23.4 Å². The van der Waals surface area contributed by atoms with Crippen molar-refractivity contribution >= 4 is 21.8 Å². The van der Waals surface area contributed by atoms with Crippen molar-refractivity contribution in [3.63, 3.8) is 0 Å². The Kier molecular flexibility index (Phi) is 7.15. The standard InChI is InChI=1S/C39H33N5/c1-24(2)33-22-20-27-19-21-31-32(23-34(25(3)4)41-36(31)35(27)40-33)26-15-17-30(18-16-26)39-43-37(28-11-7-5-8-12-28)42-38(44-39)29-13-9-6-10-14-29/h5-25H,1-4H3. The predicted octanol–water partition coefficient (Wildman–Crippen LogP) is 9.88. The molecule has 0 unspecified atom stereocenters. The Morgan fingerprint density at radius 3 is 1.43 bits per heavy atom. The van der Waals surface area contributed by atoms with Crippen molar-refractivity contribution in [2.45, 2.75) is 39.5 Å². The average Bonchev–Trinajstić information content (AvgIpc) is 3.08. The maximum absolute atomic E-state index is 5.14. The fourth-order valence-electron chi connectivity index (χ4n) is 5.50. The lowest BCUT2D eigenvalue weighted by Crippen LogP contribution is -2.00. The molecule has 0 bridgehead atoms. The zero-order valence-electron chi connectivity index (χ0n) is 25.4. The highest BCUT2D eigenvalue weighted by molar-refractivity contribution is 6.08. The first-order chi connectivity index (χ1) is 21.4. The Morgan fingerprint density at radius 1 is 0.409 bits per heavy atom. The van der Waals surface area contributed by atoms with E-state index in [2.05, 4.69) is 82.3 Å². The molecule has 214 valence electrons. The number of rotatable bonds is 6. The van der Waals surface area contributed by atoms with Crippen molar-refractivity contribution in [1.82, 2.24) is 24.9 Å². The molecule has 0 radical (unpaired) electrons. The number of nitrogens with zero attached hydrogens (tertiary/aromatic N) is 5. The normalized spacial score (nSPS) is 11.6. The van der Waals surface area contributed by atoms with Crippen LogP contribution in [0, 0.1) is 0 Å². The van der Waals surface area contributed by atoms with E-state index < -0.39 is 0 Å². The molecule has 0 aliphatic rings. The van der Waals surface area contributed by atoms with E-state index in [1.807, 2.05) is 60.7 Å². The van der Waals surface area contributed by atoms with Gasteiger partial charge in [0.2, 0.25) is 0 Å². The summed E-state index contributed by atoms with van der Waals surface area (Å²) >= 11 is 0. The van der Waals surface area contributed by atoms with Crippen molar-refractivity contribution in [1.29, 1.82) is 0 Å². The topological polar surface area (TPSA) is 64.5 Å². The zero-order valence-corrected chi connectivity index (χ0v) is 25.4. The second kappa shape index (κ2) is 11.4. The van der Waals surface area contributed by atoms with Crippen molar-refractivity contribution in [3.8, 4) is 45.3 Å². The maximum atomic E-state index is 5.14. The van der Waals surface area contributed by atoms with E-state index >= 15 is 0 Å². The molecule has 3 heterocycles. The monoisotopic (exact) mass is 571 g/mol. The van der Waals surface area contributed by atoms with Crippen LogP contribution in [0.4, 0.5) is 0 Å². The van der Waals surface area contributed by atoms with Crippen LogP contribution in [-0.2, 0) is 0 Å². The molecule has 0 saturated carbocycles. The van der Waals surface area contributed by atoms with Crippen LogP contribution < -0.4 is 0 Å². The summed E-state index contributed by atoms with van der Waals surface area (Å²) < 4.78 is 0. The van der Waals surface area contributed by atoms with E-state index in [4.69, 9.17) is 24.9 Å². The Labute approximate surface area is 257 Å². The minimum atomic E-state index is 0.277. The van der Waals surface area contributed by atoms with Crippen molar-refractivity contribution < 1.29 is 0 Å². The molecule has 0 fully saturated rings. The molecule has 44 heavy (non-hydrogen) atoms. The summed E-state index contributed by atoms with van der Waals surface area (Å²) in [5.74, 6) is 2.57. The molecule has 0 N–H and O–H groups in total. The smallest absolute Gasteiger partial charge is 0.164 e. The minimum absolute atomic E-state index is 0.277. The van der Waals surface area contributed by atoms with Gasteiger partial charge in [-0.05, 0) is 35.1 Å². The summed E-state index contributed by atoms with van der Waals surface area (Å²) in [6.07, 6.45) is 0. The molecule has 5 nitrogen and oxygen atoms in total. The number of aromatic nitrogens is 5. The van der Waals surface area contributed by atoms with Crippen LogP contribution in [0.15, 0.2) is 115 Å². The largest absolute Gasteiger partial charge is 0.250 e. The zero-order chi connectivity index (χ0) is 30.2. The second-order valence-corrected chi connectivity index (χ2v) is 11.8. The van der Waals surface area contributed by atoms with E-state index in [9.17, 15) is 0 Å². The van der Waals surface area contributed by atoms with E-state index in [-0.39, 0.29) is 5.92 Å². The Bertz CT molecular complexity index is 2040. The summed E-state index contributed by atoms with van der Waals surface area (Å²) in [5, 5.41) is 2.20. The number of pyridine rings is 2. The van der Waals surface area contributed by atoms with Crippen LogP contribution in [0.5, 0.6) is 0 Å². The lowest BCUT2D eigenvalue weighted by atomic mass is 9.95. The first-order valence-electron chi connectivity index (χ1n) is 15.2. The lowest BCUT2D eigenvalue weighted by Gasteiger charge is -2.15. The van der Waals surface area contributed by atoms with Crippen molar-refractivity contribution in [2.24, 2.45) is 0 Å². The van der Waals surface area contributed by atoms with E-state index in [1.54, 1.807) is 0 Å². The lowest BCUT2D eigenvalue weighted by molar-refractivity contribution is 0.826. The van der Waals surface area contributed by atoms with Gasteiger partial charge in [-0.1, -0.05) is 131 Å². The molecule has 5 heteroatoms. The van der Waals surface area contributed by atoms with Gasteiger partial charge in [0.15, 0.2) is 17.5 Å².